The largest absolute Gasteiger partial charge is 0.340 e. The third-order valence-corrected chi connectivity index (χ3v) is 5.12. The van der Waals surface area contributed by atoms with Crippen molar-refractivity contribution in [1.82, 2.24) is 9.97 Å². The van der Waals surface area contributed by atoms with E-state index in [2.05, 4.69) is 32.8 Å². The van der Waals surface area contributed by atoms with Crippen LogP contribution in [0.15, 0.2) is 85.2 Å². The van der Waals surface area contributed by atoms with Gasteiger partial charge in [0.2, 0.25) is 0 Å². The number of rotatable bonds is 6. The summed E-state index contributed by atoms with van der Waals surface area (Å²) >= 11 is 0. The van der Waals surface area contributed by atoms with E-state index in [0.29, 0.717) is 5.82 Å². The summed E-state index contributed by atoms with van der Waals surface area (Å²) in [6, 6.07) is 23.2. The molecule has 0 spiro atoms. The van der Waals surface area contributed by atoms with Crippen molar-refractivity contribution >= 4 is 29.0 Å². The minimum Gasteiger partial charge on any atom is -0.340 e. The van der Waals surface area contributed by atoms with Crippen molar-refractivity contribution in [2.24, 2.45) is 0 Å². The summed E-state index contributed by atoms with van der Waals surface area (Å²) in [4.78, 5) is 21.3. The smallest absolute Gasteiger partial charge is 0.324 e. The first-order valence-electron chi connectivity index (χ1n) is 10.5. The molecule has 6 nitrogen and oxygen atoms in total. The Balaban J connectivity index is 1.49. The number of para-hydroxylation sites is 2. The van der Waals surface area contributed by atoms with Crippen LogP contribution in [-0.2, 0) is 6.42 Å². The number of aryl methyl sites for hydroxylation is 2. The van der Waals surface area contributed by atoms with Crippen LogP contribution < -0.4 is 16.0 Å². The summed E-state index contributed by atoms with van der Waals surface area (Å²) in [6.07, 6.45) is 4.28. The summed E-state index contributed by atoms with van der Waals surface area (Å²) in [5.41, 5.74) is 5.83. The summed E-state index contributed by atoms with van der Waals surface area (Å²) in [6.45, 7) is 4.05. The highest BCUT2D eigenvalue weighted by molar-refractivity contribution is 6.00. The van der Waals surface area contributed by atoms with Crippen LogP contribution in [0.4, 0.5) is 27.8 Å². The quantitative estimate of drug-likeness (QED) is 0.335. The average molecular weight is 424 g/mol. The lowest BCUT2D eigenvalue weighted by Gasteiger charge is -2.14. The van der Waals surface area contributed by atoms with Crippen molar-refractivity contribution < 1.29 is 4.79 Å². The van der Waals surface area contributed by atoms with Crippen LogP contribution in [0.25, 0.3) is 11.1 Å². The molecule has 0 fully saturated rings. The number of nitrogens with zero attached hydrogens (tertiary/aromatic N) is 2. The van der Waals surface area contributed by atoms with Crippen molar-refractivity contribution in [3.8, 4) is 11.1 Å². The molecule has 4 rings (SSSR count). The zero-order valence-electron chi connectivity index (χ0n) is 18.1. The summed E-state index contributed by atoms with van der Waals surface area (Å²) in [5.74, 6) is 1.21. The van der Waals surface area contributed by atoms with E-state index in [1.54, 1.807) is 12.4 Å². The molecule has 0 unspecified atom stereocenters. The molecule has 0 aliphatic rings. The molecule has 0 atom stereocenters. The zero-order chi connectivity index (χ0) is 22.3. The van der Waals surface area contributed by atoms with Gasteiger partial charge in [0, 0.05) is 23.8 Å². The second kappa shape index (κ2) is 9.75. The van der Waals surface area contributed by atoms with Gasteiger partial charge in [0.15, 0.2) is 0 Å². The fourth-order valence-electron chi connectivity index (χ4n) is 3.49. The Labute approximate surface area is 187 Å². The molecule has 0 saturated heterocycles. The lowest BCUT2D eigenvalue weighted by Crippen LogP contribution is -2.21. The second-order valence-electron chi connectivity index (χ2n) is 7.39. The van der Waals surface area contributed by atoms with Crippen LogP contribution >= 0.6 is 0 Å². The number of anilines is 4. The molecular formula is C26H25N5O. The summed E-state index contributed by atoms with van der Waals surface area (Å²) < 4.78 is 0. The second-order valence-corrected chi connectivity index (χ2v) is 7.39. The first-order valence-corrected chi connectivity index (χ1v) is 10.5. The Morgan fingerprint density at radius 3 is 2.22 bits per heavy atom. The van der Waals surface area contributed by atoms with Gasteiger partial charge in [-0.05, 0) is 72.0 Å². The number of carbonyl (C=O) groups excluding carboxylic acids is 1. The third-order valence-electron chi connectivity index (χ3n) is 5.12. The molecule has 2 aromatic carbocycles. The Bertz CT molecular complexity index is 1220. The summed E-state index contributed by atoms with van der Waals surface area (Å²) in [5, 5.41) is 9.10. The number of nitrogens with one attached hydrogen (secondary N) is 3. The van der Waals surface area contributed by atoms with E-state index >= 15 is 0 Å². The van der Waals surface area contributed by atoms with Crippen LogP contribution in [0.1, 0.15) is 18.1 Å². The van der Waals surface area contributed by atoms with Gasteiger partial charge in [0.05, 0.1) is 0 Å². The van der Waals surface area contributed by atoms with Crippen LogP contribution in [0.2, 0.25) is 0 Å². The molecule has 0 aliphatic heterocycles. The van der Waals surface area contributed by atoms with E-state index in [0.717, 1.165) is 45.9 Å². The molecule has 32 heavy (non-hydrogen) atoms. The first kappa shape index (κ1) is 21.1. The van der Waals surface area contributed by atoms with Crippen LogP contribution in [0, 0.1) is 6.92 Å². The zero-order valence-corrected chi connectivity index (χ0v) is 18.1. The lowest BCUT2D eigenvalue weighted by molar-refractivity contribution is 0.262. The molecule has 2 heterocycles. The molecule has 0 radical (unpaired) electrons. The van der Waals surface area contributed by atoms with Crippen LogP contribution in [0.3, 0.4) is 0 Å². The van der Waals surface area contributed by atoms with Crippen LogP contribution in [-0.4, -0.2) is 16.0 Å². The van der Waals surface area contributed by atoms with E-state index in [1.165, 1.54) is 0 Å². The first-order chi connectivity index (χ1) is 15.6. The van der Waals surface area contributed by atoms with Gasteiger partial charge in [0.1, 0.15) is 11.6 Å². The number of hydrogen-bond acceptors (Lipinski definition) is 4. The van der Waals surface area contributed by atoms with Gasteiger partial charge in [0.25, 0.3) is 0 Å². The van der Waals surface area contributed by atoms with E-state index < -0.39 is 0 Å². The fourth-order valence-corrected chi connectivity index (χ4v) is 3.49. The third kappa shape index (κ3) is 5.10. The Morgan fingerprint density at radius 1 is 0.812 bits per heavy atom. The highest BCUT2D eigenvalue weighted by Gasteiger charge is 2.10. The maximum absolute atomic E-state index is 12.6. The average Bonchev–Trinajstić information content (AvgIpc) is 2.81. The number of benzene rings is 2. The Hall–Kier alpha value is -4.19. The fraction of sp³-hybridized carbons (Fsp3) is 0.115. The predicted molar refractivity (Wildman–Crippen MR) is 130 cm³/mol. The predicted octanol–water partition coefficient (Wildman–Crippen LogP) is 6.40. The summed E-state index contributed by atoms with van der Waals surface area (Å²) in [7, 11) is 0. The maximum atomic E-state index is 12.6. The van der Waals surface area contributed by atoms with Gasteiger partial charge in [-0.25, -0.2) is 14.8 Å². The van der Waals surface area contributed by atoms with Gasteiger partial charge < -0.3 is 10.6 Å². The lowest BCUT2D eigenvalue weighted by atomic mass is 10.1. The maximum Gasteiger partial charge on any atom is 0.324 e. The highest BCUT2D eigenvalue weighted by atomic mass is 16.2. The number of pyridine rings is 2. The SMILES string of the molecule is CCc1cccc(C)c1NC(=O)Nc1cc(-c2ccnc(Nc3ccccc3)c2)ccn1. The minimum atomic E-state index is -0.320. The van der Waals surface area contributed by atoms with Gasteiger partial charge in [-0.1, -0.05) is 43.3 Å². The van der Waals surface area contributed by atoms with Crippen molar-refractivity contribution in [3.05, 3.63) is 96.3 Å². The molecule has 2 amide bonds. The number of hydrogen-bond donors (Lipinski definition) is 3. The highest BCUT2D eigenvalue weighted by Crippen LogP contribution is 2.25. The molecule has 160 valence electrons. The van der Waals surface area contributed by atoms with Crippen LogP contribution in [0.5, 0.6) is 0 Å². The van der Waals surface area contributed by atoms with Crippen molar-refractivity contribution in [2.45, 2.75) is 20.3 Å². The van der Waals surface area contributed by atoms with E-state index in [1.807, 2.05) is 79.7 Å². The monoisotopic (exact) mass is 423 g/mol. The van der Waals surface area contributed by atoms with Crippen molar-refractivity contribution in [2.75, 3.05) is 16.0 Å². The molecule has 4 aromatic rings. The number of urea groups is 1. The number of aromatic nitrogens is 2. The van der Waals surface area contributed by atoms with E-state index in [-0.39, 0.29) is 6.03 Å². The van der Waals surface area contributed by atoms with E-state index in [4.69, 9.17) is 0 Å². The molecule has 0 aliphatic carbocycles. The normalized spacial score (nSPS) is 10.4. The minimum absolute atomic E-state index is 0.320. The number of carbonyl (C=O) groups is 1. The standard InChI is InChI=1S/C26H25N5O/c1-3-19-9-7-8-18(2)25(19)31-26(32)30-24-17-21(13-15-28-24)20-12-14-27-23(16-20)29-22-10-5-4-6-11-22/h4-17H,3H2,1-2H3,(H,27,29)(H2,28,30,31,32). The topological polar surface area (TPSA) is 78.9 Å². The molecule has 6 heteroatoms. The van der Waals surface area contributed by atoms with Gasteiger partial charge in [-0.2, -0.15) is 0 Å². The Kier molecular flexibility index (Phi) is 6.41. The van der Waals surface area contributed by atoms with E-state index in [9.17, 15) is 4.79 Å². The molecule has 2 aromatic heterocycles. The molecular weight excluding hydrogens is 398 g/mol. The Morgan fingerprint density at radius 2 is 1.50 bits per heavy atom. The van der Waals surface area contributed by atoms with Gasteiger partial charge in [-0.3, -0.25) is 5.32 Å². The van der Waals surface area contributed by atoms with Crippen molar-refractivity contribution in [1.29, 1.82) is 0 Å². The van der Waals surface area contributed by atoms with Crippen molar-refractivity contribution in [3.63, 3.8) is 0 Å². The molecule has 0 saturated carbocycles. The number of amides is 2. The van der Waals surface area contributed by atoms with Gasteiger partial charge >= 0.3 is 6.03 Å². The molecule has 3 N–H and O–H groups in total. The van der Waals surface area contributed by atoms with Gasteiger partial charge in [-0.15, -0.1) is 0 Å². The molecule has 0 bridgehead atoms.